The summed E-state index contributed by atoms with van der Waals surface area (Å²) in [5.74, 6) is 0. The van der Waals surface area contributed by atoms with Crippen LogP contribution in [0.15, 0.2) is 48.7 Å². The van der Waals surface area contributed by atoms with Crippen LogP contribution in [0.3, 0.4) is 0 Å². The van der Waals surface area contributed by atoms with Gasteiger partial charge in [0, 0.05) is 23.9 Å². The topological polar surface area (TPSA) is 38.9 Å². The minimum atomic E-state index is -0.231. The minimum absolute atomic E-state index is 0.231. The summed E-state index contributed by atoms with van der Waals surface area (Å²) in [6.07, 6.45) is 4.76. The molecule has 1 heterocycles. The molecule has 1 aliphatic rings. The molecule has 2 N–H and O–H groups in total. The lowest BCUT2D eigenvalue weighted by molar-refractivity contribution is 0.434. The number of aromatic nitrogens is 1. The van der Waals surface area contributed by atoms with Gasteiger partial charge in [0.05, 0.1) is 0 Å². The van der Waals surface area contributed by atoms with E-state index in [0.717, 1.165) is 25.0 Å². The Morgan fingerprint density at radius 2 is 1.94 bits per heavy atom. The van der Waals surface area contributed by atoms with Crippen LogP contribution in [0.1, 0.15) is 23.2 Å². The third-order valence-corrected chi connectivity index (χ3v) is 3.62. The first-order chi connectivity index (χ1) is 8.28. The average Bonchev–Trinajstić information content (AvgIpc) is 2.69. The Bertz CT molecular complexity index is 521. The molecular weight excluding hydrogens is 208 g/mol. The number of rotatable bonds is 2. The monoisotopic (exact) mass is 224 g/mol. The zero-order valence-corrected chi connectivity index (χ0v) is 9.76. The van der Waals surface area contributed by atoms with Gasteiger partial charge in [0.1, 0.15) is 0 Å². The summed E-state index contributed by atoms with van der Waals surface area (Å²) in [5.41, 5.74) is 10.1. The lowest BCUT2D eigenvalue weighted by atomic mass is 9.88. The van der Waals surface area contributed by atoms with Crippen LogP contribution in [0.2, 0.25) is 0 Å². The first-order valence-electron chi connectivity index (χ1n) is 6.05. The Hall–Kier alpha value is -1.67. The highest BCUT2D eigenvalue weighted by Gasteiger charge is 2.34. The van der Waals surface area contributed by atoms with E-state index in [9.17, 15) is 0 Å². The number of nitrogens with two attached hydrogens (primary N) is 1. The number of fused-ring (bicyclic) bond motifs is 1. The fourth-order valence-corrected chi connectivity index (χ4v) is 2.73. The van der Waals surface area contributed by atoms with Crippen molar-refractivity contribution in [2.24, 2.45) is 5.73 Å². The maximum Gasteiger partial charge on any atom is 0.0471 e. The summed E-state index contributed by atoms with van der Waals surface area (Å²) in [6.45, 7) is 0. The predicted octanol–water partition coefficient (Wildman–Crippen LogP) is 2.42. The summed E-state index contributed by atoms with van der Waals surface area (Å²) in [5, 5.41) is 0. The van der Waals surface area contributed by atoms with Crippen molar-refractivity contribution in [3.63, 3.8) is 0 Å². The van der Waals surface area contributed by atoms with Gasteiger partial charge in [-0.25, -0.2) is 0 Å². The largest absolute Gasteiger partial charge is 0.321 e. The van der Waals surface area contributed by atoms with Crippen LogP contribution < -0.4 is 5.73 Å². The summed E-state index contributed by atoms with van der Waals surface area (Å²) in [7, 11) is 0. The highest BCUT2D eigenvalue weighted by Crippen LogP contribution is 2.36. The number of hydrogen-bond acceptors (Lipinski definition) is 2. The van der Waals surface area contributed by atoms with E-state index in [-0.39, 0.29) is 5.54 Å². The van der Waals surface area contributed by atoms with Crippen molar-refractivity contribution in [3.8, 4) is 0 Å². The second-order valence-corrected chi connectivity index (χ2v) is 4.81. The van der Waals surface area contributed by atoms with Gasteiger partial charge in [-0.1, -0.05) is 30.3 Å². The number of nitrogens with zero attached hydrogens (tertiary/aromatic N) is 1. The van der Waals surface area contributed by atoms with E-state index >= 15 is 0 Å². The van der Waals surface area contributed by atoms with Gasteiger partial charge in [0.15, 0.2) is 0 Å². The van der Waals surface area contributed by atoms with Crippen LogP contribution in [0.4, 0.5) is 0 Å². The molecule has 3 rings (SSSR count). The fourth-order valence-electron chi connectivity index (χ4n) is 2.73. The molecule has 2 heteroatoms. The van der Waals surface area contributed by atoms with Crippen molar-refractivity contribution in [3.05, 3.63) is 65.5 Å². The van der Waals surface area contributed by atoms with Crippen molar-refractivity contribution in [2.45, 2.75) is 24.8 Å². The van der Waals surface area contributed by atoms with Crippen LogP contribution in [0.25, 0.3) is 0 Å². The first kappa shape index (κ1) is 10.5. The molecule has 0 amide bonds. The average molecular weight is 224 g/mol. The van der Waals surface area contributed by atoms with E-state index in [2.05, 4.69) is 35.3 Å². The van der Waals surface area contributed by atoms with E-state index in [0.29, 0.717) is 0 Å². The molecule has 1 aromatic carbocycles. The Kier molecular flexibility index (Phi) is 2.45. The van der Waals surface area contributed by atoms with Crippen LogP contribution in [0.5, 0.6) is 0 Å². The van der Waals surface area contributed by atoms with Gasteiger partial charge in [0.2, 0.25) is 0 Å². The highest BCUT2D eigenvalue weighted by atomic mass is 14.8. The quantitative estimate of drug-likeness (QED) is 0.851. The Balaban J connectivity index is 1.94. The number of benzene rings is 1. The molecular formula is C15H16N2. The summed E-state index contributed by atoms with van der Waals surface area (Å²) in [4.78, 5) is 4.38. The van der Waals surface area contributed by atoms with Gasteiger partial charge in [-0.05, 0) is 36.1 Å². The van der Waals surface area contributed by atoms with Crippen LogP contribution in [0, 0.1) is 0 Å². The molecule has 1 unspecified atom stereocenters. The summed E-state index contributed by atoms with van der Waals surface area (Å²) < 4.78 is 0. The van der Waals surface area contributed by atoms with Crippen molar-refractivity contribution in [1.82, 2.24) is 4.98 Å². The van der Waals surface area contributed by atoms with Crippen molar-refractivity contribution >= 4 is 0 Å². The third kappa shape index (κ3) is 1.85. The van der Waals surface area contributed by atoms with Gasteiger partial charge in [-0.3, -0.25) is 4.98 Å². The molecule has 17 heavy (non-hydrogen) atoms. The SMILES string of the molecule is NC1(Cc2ccccn2)CCc2ccccc21. The third-order valence-electron chi connectivity index (χ3n) is 3.62. The summed E-state index contributed by atoms with van der Waals surface area (Å²) in [6, 6.07) is 14.5. The van der Waals surface area contributed by atoms with Crippen LogP contribution in [-0.2, 0) is 18.4 Å². The second kappa shape index (κ2) is 3.97. The van der Waals surface area contributed by atoms with E-state index < -0.39 is 0 Å². The van der Waals surface area contributed by atoms with E-state index in [1.165, 1.54) is 11.1 Å². The number of pyridine rings is 1. The van der Waals surface area contributed by atoms with Gasteiger partial charge in [-0.15, -0.1) is 0 Å². The maximum absolute atomic E-state index is 6.56. The Morgan fingerprint density at radius 3 is 2.76 bits per heavy atom. The lowest BCUT2D eigenvalue weighted by Crippen LogP contribution is -2.36. The Morgan fingerprint density at radius 1 is 1.12 bits per heavy atom. The number of hydrogen-bond donors (Lipinski definition) is 1. The molecule has 0 saturated heterocycles. The molecule has 2 aromatic rings. The molecule has 1 aliphatic carbocycles. The lowest BCUT2D eigenvalue weighted by Gasteiger charge is -2.25. The second-order valence-electron chi connectivity index (χ2n) is 4.81. The normalized spacial score (nSPS) is 22.4. The molecule has 0 fully saturated rings. The standard InChI is InChI=1S/C15H16N2/c16-15(11-13-6-3-4-10-17-13)9-8-12-5-1-2-7-14(12)15/h1-7,10H,8-9,11,16H2. The molecule has 2 nitrogen and oxygen atoms in total. The summed E-state index contributed by atoms with van der Waals surface area (Å²) >= 11 is 0. The molecule has 0 radical (unpaired) electrons. The molecule has 86 valence electrons. The zero-order valence-electron chi connectivity index (χ0n) is 9.76. The predicted molar refractivity (Wildman–Crippen MR) is 68.6 cm³/mol. The Labute approximate surface area is 102 Å². The van der Waals surface area contributed by atoms with E-state index in [1.807, 2.05) is 18.3 Å². The fraction of sp³-hybridized carbons (Fsp3) is 0.267. The molecule has 0 bridgehead atoms. The van der Waals surface area contributed by atoms with Crippen LogP contribution in [-0.4, -0.2) is 4.98 Å². The van der Waals surface area contributed by atoms with Gasteiger partial charge in [-0.2, -0.15) is 0 Å². The molecule has 0 spiro atoms. The van der Waals surface area contributed by atoms with E-state index in [4.69, 9.17) is 5.73 Å². The van der Waals surface area contributed by atoms with Gasteiger partial charge < -0.3 is 5.73 Å². The minimum Gasteiger partial charge on any atom is -0.321 e. The molecule has 1 atom stereocenters. The van der Waals surface area contributed by atoms with Crippen molar-refractivity contribution in [1.29, 1.82) is 0 Å². The smallest absolute Gasteiger partial charge is 0.0471 e. The van der Waals surface area contributed by atoms with Crippen molar-refractivity contribution in [2.75, 3.05) is 0 Å². The zero-order chi connectivity index (χ0) is 11.7. The van der Waals surface area contributed by atoms with Gasteiger partial charge in [0.25, 0.3) is 0 Å². The molecule has 1 aromatic heterocycles. The van der Waals surface area contributed by atoms with Crippen LogP contribution >= 0.6 is 0 Å². The van der Waals surface area contributed by atoms with Gasteiger partial charge >= 0.3 is 0 Å². The molecule has 0 aliphatic heterocycles. The first-order valence-corrected chi connectivity index (χ1v) is 6.05. The molecule has 0 saturated carbocycles. The highest BCUT2D eigenvalue weighted by molar-refractivity contribution is 5.39. The maximum atomic E-state index is 6.56. The number of aryl methyl sites for hydroxylation is 1. The van der Waals surface area contributed by atoms with E-state index in [1.54, 1.807) is 0 Å². The van der Waals surface area contributed by atoms with Crippen molar-refractivity contribution < 1.29 is 0 Å².